The molecule has 0 radical (unpaired) electrons. The Hall–Kier alpha value is -0.370. The van der Waals surface area contributed by atoms with Crippen molar-refractivity contribution in [2.24, 2.45) is 0 Å². The fourth-order valence-electron chi connectivity index (χ4n) is 0.537. The van der Waals surface area contributed by atoms with Gasteiger partial charge in [-0.1, -0.05) is 12.2 Å². The monoisotopic (exact) mass is 171 g/mol. The smallest absolute Gasteiger partial charge is 0.0493 e. The summed E-state index contributed by atoms with van der Waals surface area (Å²) in [4.78, 5) is 0. The fourth-order valence-corrected chi connectivity index (χ4v) is 0.851. The Morgan fingerprint density at radius 1 is 1.62 bits per heavy atom. The van der Waals surface area contributed by atoms with Gasteiger partial charge in [-0.25, -0.2) is 0 Å². The predicted octanol–water partition coefficient (Wildman–Crippen LogP) is 2.24. The second-order valence-electron chi connectivity index (χ2n) is 1.63. The van der Waals surface area contributed by atoms with E-state index in [2.05, 4.69) is 15.9 Å². The predicted molar refractivity (Wildman–Crippen MR) is 38.5 cm³/mol. The molecule has 0 aliphatic heterocycles. The molecule has 42 valence electrons. The van der Waals surface area contributed by atoms with E-state index in [4.69, 9.17) is 5.41 Å². The van der Waals surface area contributed by atoms with Gasteiger partial charge in [0.1, 0.15) is 0 Å². The van der Waals surface area contributed by atoms with Crippen molar-refractivity contribution in [2.75, 3.05) is 0 Å². The minimum atomic E-state index is 0.660. The van der Waals surface area contributed by atoms with Gasteiger partial charge in [0.05, 0.1) is 0 Å². The highest BCUT2D eigenvalue weighted by atomic mass is 79.9. The first-order valence-corrected chi connectivity index (χ1v) is 3.20. The zero-order valence-corrected chi connectivity index (χ0v) is 5.90. The molecule has 0 saturated heterocycles. The van der Waals surface area contributed by atoms with Crippen molar-refractivity contribution in [2.45, 2.75) is 6.42 Å². The molecule has 0 spiro atoms. The average molecular weight is 172 g/mol. The number of nitrogens with one attached hydrogen (secondary N) is 1. The molecule has 0 aromatic heterocycles. The van der Waals surface area contributed by atoms with Gasteiger partial charge in [-0.15, -0.1) is 0 Å². The zero-order valence-electron chi connectivity index (χ0n) is 4.32. The number of allylic oxidation sites excluding steroid dienone is 4. The van der Waals surface area contributed by atoms with Crippen LogP contribution < -0.4 is 0 Å². The summed E-state index contributed by atoms with van der Waals surface area (Å²) in [5.41, 5.74) is 0.660. The summed E-state index contributed by atoms with van der Waals surface area (Å²) >= 11 is 3.24. The molecular weight excluding hydrogens is 166 g/mol. The second kappa shape index (κ2) is 2.27. The molecule has 8 heavy (non-hydrogen) atoms. The van der Waals surface area contributed by atoms with E-state index in [9.17, 15) is 0 Å². The SMILES string of the molecule is N=C1CC=CC=C1Br. The van der Waals surface area contributed by atoms with E-state index in [-0.39, 0.29) is 0 Å². The van der Waals surface area contributed by atoms with Crippen molar-refractivity contribution < 1.29 is 0 Å². The molecule has 0 aromatic carbocycles. The maximum absolute atomic E-state index is 7.23. The van der Waals surface area contributed by atoms with Crippen LogP contribution in [0.2, 0.25) is 0 Å². The van der Waals surface area contributed by atoms with Crippen LogP contribution in [0.4, 0.5) is 0 Å². The second-order valence-corrected chi connectivity index (χ2v) is 2.48. The van der Waals surface area contributed by atoms with Crippen molar-refractivity contribution in [1.29, 1.82) is 5.41 Å². The summed E-state index contributed by atoms with van der Waals surface area (Å²) in [5.74, 6) is 0. The summed E-state index contributed by atoms with van der Waals surface area (Å²) in [7, 11) is 0. The highest BCUT2D eigenvalue weighted by molar-refractivity contribution is 9.12. The van der Waals surface area contributed by atoms with Gasteiger partial charge in [0.25, 0.3) is 0 Å². The molecule has 0 aromatic rings. The van der Waals surface area contributed by atoms with Gasteiger partial charge in [-0.2, -0.15) is 0 Å². The van der Waals surface area contributed by atoms with Crippen LogP contribution in [-0.4, -0.2) is 5.71 Å². The number of halogens is 1. The van der Waals surface area contributed by atoms with Crippen LogP contribution in [0.3, 0.4) is 0 Å². The molecule has 0 bridgehead atoms. The third kappa shape index (κ3) is 1.07. The molecule has 0 heterocycles. The van der Waals surface area contributed by atoms with E-state index in [1.807, 2.05) is 18.2 Å². The van der Waals surface area contributed by atoms with Crippen LogP contribution in [-0.2, 0) is 0 Å². The van der Waals surface area contributed by atoms with E-state index in [0.717, 1.165) is 10.9 Å². The third-order valence-electron chi connectivity index (χ3n) is 0.989. The maximum Gasteiger partial charge on any atom is 0.0493 e. The summed E-state index contributed by atoms with van der Waals surface area (Å²) in [6.45, 7) is 0. The maximum atomic E-state index is 7.23. The van der Waals surface area contributed by atoms with Crippen LogP contribution in [0.5, 0.6) is 0 Å². The van der Waals surface area contributed by atoms with Gasteiger partial charge in [-0.05, 0) is 22.0 Å². The Bertz CT molecular complexity index is 167. The molecule has 1 N–H and O–H groups in total. The van der Waals surface area contributed by atoms with Gasteiger partial charge in [0.15, 0.2) is 0 Å². The van der Waals surface area contributed by atoms with E-state index in [0.29, 0.717) is 5.71 Å². The lowest BCUT2D eigenvalue weighted by Crippen LogP contribution is -1.95. The van der Waals surface area contributed by atoms with Crippen LogP contribution >= 0.6 is 15.9 Å². The Morgan fingerprint density at radius 3 is 2.75 bits per heavy atom. The van der Waals surface area contributed by atoms with E-state index < -0.39 is 0 Å². The highest BCUT2D eigenvalue weighted by Gasteiger charge is 1.99. The molecule has 0 fully saturated rings. The molecule has 0 unspecified atom stereocenters. The Balaban J connectivity index is 2.80. The molecule has 0 saturated carbocycles. The van der Waals surface area contributed by atoms with Gasteiger partial charge in [0, 0.05) is 16.6 Å². The minimum Gasteiger partial charge on any atom is -0.304 e. The molecule has 1 aliphatic rings. The van der Waals surface area contributed by atoms with Crippen molar-refractivity contribution in [3.05, 3.63) is 22.7 Å². The zero-order chi connectivity index (χ0) is 5.98. The lowest BCUT2D eigenvalue weighted by atomic mass is 10.2. The van der Waals surface area contributed by atoms with E-state index in [1.165, 1.54) is 0 Å². The van der Waals surface area contributed by atoms with Crippen LogP contribution in [0.1, 0.15) is 6.42 Å². The standard InChI is InChI=1S/C6H6BrN/c7-5-3-1-2-4-6(5)8/h1-3,8H,4H2. The lowest BCUT2D eigenvalue weighted by molar-refractivity contribution is 1.36. The van der Waals surface area contributed by atoms with Gasteiger partial charge < -0.3 is 5.41 Å². The summed E-state index contributed by atoms with van der Waals surface area (Å²) < 4.78 is 0.903. The van der Waals surface area contributed by atoms with E-state index >= 15 is 0 Å². The first-order chi connectivity index (χ1) is 3.80. The summed E-state index contributed by atoms with van der Waals surface area (Å²) in [6, 6.07) is 0. The molecule has 2 heteroatoms. The van der Waals surface area contributed by atoms with Gasteiger partial charge in [-0.3, -0.25) is 0 Å². The average Bonchev–Trinajstić information content (AvgIpc) is 1.77. The number of hydrogen-bond acceptors (Lipinski definition) is 1. The highest BCUT2D eigenvalue weighted by Crippen LogP contribution is 2.13. The largest absolute Gasteiger partial charge is 0.304 e. The normalized spacial score (nSPS) is 18.6. The molecule has 1 rings (SSSR count). The van der Waals surface area contributed by atoms with Crippen molar-refractivity contribution in [3.63, 3.8) is 0 Å². The molecule has 1 aliphatic carbocycles. The number of rotatable bonds is 0. The quantitative estimate of drug-likeness (QED) is 0.579. The first-order valence-electron chi connectivity index (χ1n) is 2.41. The van der Waals surface area contributed by atoms with Gasteiger partial charge in [0.2, 0.25) is 0 Å². The van der Waals surface area contributed by atoms with E-state index in [1.54, 1.807) is 0 Å². The third-order valence-corrected chi connectivity index (χ3v) is 1.73. The molecule has 0 atom stereocenters. The van der Waals surface area contributed by atoms with Crippen molar-refractivity contribution in [1.82, 2.24) is 0 Å². The Morgan fingerprint density at radius 2 is 2.38 bits per heavy atom. The number of hydrogen-bond donors (Lipinski definition) is 1. The Kier molecular flexibility index (Phi) is 1.63. The molecule has 0 amide bonds. The molecule has 1 nitrogen and oxygen atoms in total. The van der Waals surface area contributed by atoms with Crippen LogP contribution in [0.25, 0.3) is 0 Å². The topological polar surface area (TPSA) is 23.9 Å². The lowest BCUT2D eigenvalue weighted by Gasteiger charge is -2.00. The van der Waals surface area contributed by atoms with Crippen molar-refractivity contribution >= 4 is 21.6 Å². The molecular formula is C6H6BrN. The minimum absolute atomic E-state index is 0.660. The fraction of sp³-hybridized carbons (Fsp3) is 0.167. The first kappa shape index (κ1) is 5.76. The Labute approximate surface area is 56.7 Å². The summed E-state index contributed by atoms with van der Waals surface area (Å²) in [6.07, 6.45) is 6.55. The van der Waals surface area contributed by atoms with Crippen LogP contribution in [0.15, 0.2) is 22.7 Å². The van der Waals surface area contributed by atoms with Gasteiger partial charge >= 0.3 is 0 Å². The van der Waals surface area contributed by atoms with Crippen LogP contribution in [0, 0.1) is 5.41 Å². The summed E-state index contributed by atoms with van der Waals surface area (Å²) in [5, 5.41) is 7.23. The van der Waals surface area contributed by atoms with Crippen molar-refractivity contribution in [3.8, 4) is 0 Å².